The van der Waals surface area contributed by atoms with Gasteiger partial charge in [0, 0.05) is 36.0 Å². The van der Waals surface area contributed by atoms with Crippen molar-refractivity contribution in [3.63, 3.8) is 0 Å². The standard InChI is InChI=1S/C21H16ClFN4O2/c22-16-9-14(23)5-6-18(16)27-11-13(8-20(27)28)21-25-19(29-26-21)7-12-10-24-17-4-2-1-3-15(12)17/h1-6,9-10,13,24H,7-8,11H2. The van der Waals surface area contributed by atoms with E-state index in [1.165, 1.54) is 18.2 Å². The van der Waals surface area contributed by atoms with Gasteiger partial charge >= 0.3 is 0 Å². The lowest BCUT2D eigenvalue weighted by atomic mass is 10.1. The molecule has 1 saturated heterocycles. The van der Waals surface area contributed by atoms with Crippen molar-refractivity contribution in [2.24, 2.45) is 0 Å². The van der Waals surface area contributed by atoms with Crippen LogP contribution in [-0.4, -0.2) is 27.6 Å². The lowest BCUT2D eigenvalue weighted by molar-refractivity contribution is -0.117. The molecule has 6 nitrogen and oxygen atoms in total. The van der Waals surface area contributed by atoms with Gasteiger partial charge in [-0.1, -0.05) is 35.0 Å². The number of fused-ring (bicyclic) bond motifs is 1. The second kappa shape index (κ2) is 7.00. The number of hydrogen-bond acceptors (Lipinski definition) is 4. The minimum absolute atomic E-state index is 0.105. The molecule has 0 saturated carbocycles. The number of halogens is 2. The number of anilines is 1. The molecule has 0 bridgehead atoms. The third-order valence-electron chi connectivity index (χ3n) is 5.19. The topological polar surface area (TPSA) is 75.0 Å². The van der Waals surface area contributed by atoms with Crippen molar-refractivity contribution in [2.45, 2.75) is 18.8 Å². The minimum atomic E-state index is -0.443. The minimum Gasteiger partial charge on any atom is -0.361 e. The van der Waals surface area contributed by atoms with Crippen LogP contribution in [0, 0.1) is 5.82 Å². The summed E-state index contributed by atoms with van der Waals surface area (Å²) in [6, 6.07) is 12.0. The Bertz CT molecular complexity index is 1220. The monoisotopic (exact) mass is 410 g/mol. The largest absolute Gasteiger partial charge is 0.361 e. The van der Waals surface area contributed by atoms with Gasteiger partial charge in [0.25, 0.3) is 0 Å². The molecule has 1 aliphatic heterocycles. The maximum Gasteiger partial charge on any atom is 0.231 e. The molecule has 1 atom stereocenters. The van der Waals surface area contributed by atoms with Crippen LogP contribution in [0.3, 0.4) is 0 Å². The highest BCUT2D eigenvalue weighted by Crippen LogP contribution is 2.35. The van der Waals surface area contributed by atoms with E-state index in [1.54, 1.807) is 4.90 Å². The summed E-state index contributed by atoms with van der Waals surface area (Å²) in [6.45, 7) is 0.371. The van der Waals surface area contributed by atoms with Gasteiger partial charge in [-0.25, -0.2) is 4.39 Å². The Morgan fingerprint density at radius 2 is 2.14 bits per heavy atom. The summed E-state index contributed by atoms with van der Waals surface area (Å²) >= 11 is 6.11. The van der Waals surface area contributed by atoms with Crippen LogP contribution in [0.15, 0.2) is 53.2 Å². The first-order valence-electron chi connectivity index (χ1n) is 9.21. The molecule has 0 spiro atoms. The highest BCUT2D eigenvalue weighted by molar-refractivity contribution is 6.33. The fourth-order valence-electron chi connectivity index (χ4n) is 3.76. The summed E-state index contributed by atoms with van der Waals surface area (Å²) in [5.74, 6) is 0.238. The van der Waals surface area contributed by atoms with Gasteiger partial charge in [-0.05, 0) is 29.8 Å². The second-order valence-electron chi connectivity index (χ2n) is 7.08. The third-order valence-corrected chi connectivity index (χ3v) is 5.49. The molecule has 1 fully saturated rings. The van der Waals surface area contributed by atoms with Gasteiger partial charge in [-0.3, -0.25) is 4.79 Å². The molecule has 0 aliphatic carbocycles. The van der Waals surface area contributed by atoms with Crippen LogP contribution in [0.5, 0.6) is 0 Å². The number of nitrogens with zero attached hydrogens (tertiary/aromatic N) is 3. The Kier molecular flexibility index (Phi) is 4.32. The molecule has 1 amide bonds. The molecule has 2 aromatic carbocycles. The number of benzene rings is 2. The smallest absolute Gasteiger partial charge is 0.231 e. The SMILES string of the molecule is O=C1CC(c2noc(Cc3c[nH]c4ccccc34)n2)CN1c1ccc(F)cc1Cl. The van der Waals surface area contributed by atoms with E-state index in [-0.39, 0.29) is 23.3 Å². The lowest BCUT2D eigenvalue weighted by Gasteiger charge is -2.17. The number of aromatic amines is 1. The van der Waals surface area contributed by atoms with Crippen molar-refractivity contribution < 1.29 is 13.7 Å². The van der Waals surface area contributed by atoms with Gasteiger partial charge in [0.15, 0.2) is 5.82 Å². The van der Waals surface area contributed by atoms with Gasteiger partial charge in [0.1, 0.15) is 5.82 Å². The number of nitrogens with one attached hydrogen (secondary N) is 1. The van der Waals surface area contributed by atoms with Gasteiger partial charge in [0.05, 0.1) is 17.1 Å². The molecule has 0 radical (unpaired) electrons. The van der Waals surface area contributed by atoms with Crippen molar-refractivity contribution in [1.29, 1.82) is 0 Å². The van der Waals surface area contributed by atoms with E-state index in [0.29, 0.717) is 30.4 Å². The molecule has 146 valence electrons. The van der Waals surface area contributed by atoms with Crippen LogP contribution >= 0.6 is 11.6 Å². The van der Waals surface area contributed by atoms with E-state index in [9.17, 15) is 9.18 Å². The molecule has 1 unspecified atom stereocenters. The molecule has 1 aliphatic rings. The average Bonchev–Trinajstić information content (AvgIpc) is 3.42. The molecular weight excluding hydrogens is 395 g/mol. The summed E-state index contributed by atoms with van der Waals surface area (Å²) in [7, 11) is 0. The first-order chi connectivity index (χ1) is 14.1. The van der Waals surface area contributed by atoms with Crippen LogP contribution in [0.4, 0.5) is 10.1 Å². The van der Waals surface area contributed by atoms with Crippen LogP contribution < -0.4 is 4.90 Å². The average molecular weight is 411 g/mol. The maximum atomic E-state index is 13.3. The molecule has 2 aromatic heterocycles. The summed E-state index contributed by atoms with van der Waals surface area (Å²) in [5, 5.41) is 5.40. The number of carbonyl (C=O) groups excluding carboxylic acids is 1. The number of para-hydroxylation sites is 1. The van der Waals surface area contributed by atoms with Gasteiger partial charge < -0.3 is 14.4 Å². The number of aromatic nitrogens is 3. The molecule has 1 N–H and O–H groups in total. The highest BCUT2D eigenvalue weighted by Gasteiger charge is 2.35. The normalized spacial score (nSPS) is 16.8. The quantitative estimate of drug-likeness (QED) is 0.539. The molecule has 3 heterocycles. The zero-order valence-corrected chi connectivity index (χ0v) is 16.0. The molecule has 8 heteroatoms. The van der Waals surface area contributed by atoms with Gasteiger partial charge in [-0.2, -0.15) is 4.98 Å². The van der Waals surface area contributed by atoms with E-state index in [4.69, 9.17) is 16.1 Å². The van der Waals surface area contributed by atoms with Gasteiger partial charge in [0.2, 0.25) is 11.8 Å². The van der Waals surface area contributed by atoms with Crippen LogP contribution in [0.1, 0.15) is 29.6 Å². The van der Waals surface area contributed by atoms with Crippen molar-refractivity contribution in [1.82, 2.24) is 15.1 Å². The first-order valence-corrected chi connectivity index (χ1v) is 9.59. The highest BCUT2D eigenvalue weighted by atomic mass is 35.5. The summed E-state index contributed by atoms with van der Waals surface area (Å²) in [6.07, 6.45) is 2.69. The fourth-order valence-corrected chi connectivity index (χ4v) is 4.03. The Labute approximate surface area is 170 Å². The Morgan fingerprint density at radius 1 is 1.28 bits per heavy atom. The van der Waals surface area contributed by atoms with Crippen molar-refractivity contribution in [3.8, 4) is 0 Å². The first kappa shape index (κ1) is 17.9. The van der Waals surface area contributed by atoms with Crippen molar-refractivity contribution in [2.75, 3.05) is 11.4 Å². The van der Waals surface area contributed by atoms with Gasteiger partial charge in [-0.15, -0.1) is 0 Å². The number of H-pyrrole nitrogens is 1. The number of rotatable bonds is 4. The second-order valence-corrected chi connectivity index (χ2v) is 7.49. The summed E-state index contributed by atoms with van der Waals surface area (Å²) in [5.41, 5.74) is 2.61. The summed E-state index contributed by atoms with van der Waals surface area (Å²) < 4.78 is 18.7. The molecular formula is C21H16ClFN4O2. The molecule has 29 heavy (non-hydrogen) atoms. The zero-order valence-electron chi connectivity index (χ0n) is 15.2. The predicted octanol–water partition coefficient (Wildman–Crippen LogP) is 4.45. The van der Waals surface area contributed by atoms with Crippen LogP contribution in [-0.2, 0) is 11.2 Å². The maximum absolute atomic E-state index is 13.3. The zero-order chi connectivity index (χ0) is 20.0. The number of hydrogen-bond donors (Lipinski definition) is 1. The molecule has 4 aromatic rings. The fraction of sp³-hybridized carbons (Fsp3) is 0.190. The Balaban J connectivity index is 1.35. The van der Waals surface area contributed by atoms with Crippen LogP contribution in [0.25, 0.3) is 10.9 Å². The van der Waals surface area contributed by atoms with Crippen molar-refractivity contribution in [3.05, 3.63) is 76.8 Å². The Hall–Kier alpha value is -3.19. The number of amides is 1. The Morgan fingerprint density at radius 3 is 3.00 bits per heavy atom. The molecule has 5 rings (SSSR count). The van der Waals surface area contributed by atoms with E-state index < -0.39 is 5.82 Å². The van der Waals surface area contributed by atoms with E-state index in [0.717, 1.165) is 16.5 Å². The summed E-state index contributed by atoms with van der Waals surface area (Å²) in [4.78, 5) is 21.8. The van der Waals surface area contributed by atoms with E-state index >= 15 is 0 Å². The van der Waals surface area contributed by atoms with E-state index in [1.807, 2.05) is 30.5 Å². The lowest BCUT2D eigenvalue weighted by Crippen LogP contribution is -2.24. The van der Waals surface area contributed by atoms with Crippen LogP contribution in [0.2, 0.25) is 5.02 Å². The third kappa shape index (κ3) is 3.27. The number of carbonyl (C=O) groups is 1. The van der Waals surface area contributed by atoms with E-state index in [2.05, 4.69) is 15.1 Å². The van der Waals surface area contributed by atoms with Crippen molar-refractivity contribution >= 4 is 34.1 Å². The predicted molar refractivity (Wildman–Crippen MR) is 107 cm³/mol.